The molecule has 2 fully saturated rings. The molecule has 78 valence electrons. The van der Waals surface area contributed by atoms with Gasteiger partial charge in [0.2, 0.25) is 0 Å². The van der Waals surface area contributed by atoms with E-state index in [2.05, 4.69) is 11.4 Å². The van der Waals surface area contributed by atoms with E-state index in [4.69, 9.17) is 4.74 Å². The first-order valence-corrected chi connectivity index (χ1v) is 5.48. The smallest absolute Gasteiger partial charge is 0.132 e. The van der Waals surface area contributed by atoms with Crippen molar-refractivity contribution in [3.05, 3.63) is 0 Å². The molecule has 2 aliphatic rings. The van der Waals surface area contributed by atoms with Gasteiger partial charge in [-0.05, 0) is 44.6 Å². The lowest BCUT2D eigenvalue weighted by atomic mass is 9.96. The maximum atomic E-state index is 9.18. The maximum Gasteiger partial charge on any atom is 0.132 e. The molecule has 1 N–H and O–H groups in total. The highest BCUT2D eigenvalue weighted by Gasteiger charge is 2.45. The molecule has 2 rings (SSSR count). The molecule has 0 amide bonds. The first kappa shape index (κ1) is 9.95. The van der Waals surface area contributed by atoms with E-state index in [1.54, 1.807) is 0 Å². The standard InChI is InChI=1S/C11H18N2O/c1-13-11(7-12,10-4-5-10)8-14-6-9-2-3-9/h9-10,13H,2-6,8H2,1H3. The minimum absolute atomic E-state index is 0.408. The van der Waals surface area contributed by atoms with Crippen LogP contribution in [0.25, 0.3) is 0 Å². The lowest BCUT2D eigenvalue weighted by Crippen LogP contribution is -2.48. The molecule has 0 aromatic carbocycles. The third-order valence-electron chi connectivity index (χ3n) is 3.30. The Kier molecular flexibility index (Phi) is 2.76. The molecule has 14 heavy (non-hydrogen) atoms. The van der Waals surface area contributed by atoms with Gasteiger partial charge in [0.15, 0.2) is 0 Å². The Morgan fingerprint density at radius 3 is 2.57 bits per heavy atom. The average Bonchev–Trinajstić information content (AvgIpc) is 3.04. The van der Waals surface area contributed by atoms with Crippen molar-refractivity contribution in [3.63, 3.8) is 0 Å². The van der Waals surface area contributed by atoms with Crippen molar-refractivity contribution < 1.29 is 4.74 Å². The van der Waals surface area contributed by atoms with Gasteiger partial charge in [0, 0.05) is 6.61 Å². The lowest BCUT2D eigenvalue weighted by Gasteiger charge is -2.25. The molecule has 1 unspecified atom stereocenters. The van der Waals surface area contributed by atoms with E-state index in [1.165, 1.54) is 25.7 Å². The number of likely N-dealkylation sites (N-methyl/N-ethyl adjacent to an activating group) is 1. The highest BCUT2D eigenvalue weighted by atomic mass is 16.5. The fourth-order valence-corrected chi connectivity index (χ4v) is 1.82. The van der Waals surface area contributed by atoms with Gasteiger partial charge < -0.3 is 10.1 Å². The molecule has 0 spiro atoms. The highest BCUT2D eigenvalue weighted by Crippen LogP contribution is 2.39. The van der Waals surface area contributed by atoms with Crippen LogP contribution in [-0.2, 0) is 4.74 Å². The summed E-state index contributed by atoms with van der Waals surface area (Å²) in [7, 11) is 1.86. The number of nitrogens with one attached hydrogen (secondary N) is 1. The van der Waals surface area contributed by atoms with Gasteiger partial charge in [-0.3, -0.25) is 0 Å². The fourth-order valence-electron chi connectivity index (χ4n) is 1.82. The summed E-state index contributed by atoms with van der Waals surface area (Å²) in [5.74, 6) is 1.29. The predicted octanol–water partition coefficient (Wildman–Crippen LogP) is 1.30. The van der Waals surface area contributed by atoms with Gasteiger partial charge in [0.1, 0.15) is 5.54 Å². The Bertz CT molecular complexity index is 240. The van der Waals surface area contributed by atoms with E-state index in [9.17, 15) is 5.26 Å². The second-order valence-corrected chi connectivity index (χ2v) is 4.57. The molecule has 0 heterocycles. The zero-order valence-corrected chi connectivity index (χ0v) is 8.75. The Labute approximate surface area is 85.4 Å². The van der Waals surface area contributed by atoms with Crippen LogP contribution in [0.15, 0.2) is 0 Å². The zero-order chi connectivity index (χ0) is 10.0. The molecule has 0 aromatic heterocycles. The summed E-state index contributed by atoms with van der Waals surface area (Å²) in [6, 6.07) is 2.39. The Hall–Kier alpha value is -0.590. The van der Waals surface area contributed by atoms with Crippen LogP contribution in [0.2, 0.25) is 0 Å². The minimum atomic E-state index is -0.408. The van der Waals surface area contributed by atoms with E-state index in [0.29, 0.717) is 12.5 Å². The second-order valence-electron chi connectivity index (χ2n) is 4.57. The Balaban J connectivity index is 1.79. The van der Waals surface area contributed by atoms with Crippen molar-refractivity contribution in [2.45, 2.75) is 31.2 Å². The van der Waals surface area contributed by atoms with Crippen molar-refractivity contribution in [1.29, 1.82) is 5.26 Å². The number of nitrogens with zero attached hydrogens (tertiary/aromatic N) is 1. The number of hydrogen-bond donors (Lipinski definition) is 1. The molecular weight excluding hydrogens is 176 g/mol. The number of hydrogen-bond acceptors (Lipinski definition) is 3. The van der Waals surface area contributed by atoms with Crippen molar-refractivity contribution >= 4 is 0 Å². The number of ether oxygens (including phenoxy) is 1. The summed E-state index contributed by atoms with van der Waals surface area (Å²) in [4.78, 5) is 0. The van der Waals surface area contributed by atoms with Crippen LogP contribution in [-0.4, -0.2) is 25.8 Å². The van der Waals surface area contributed by atoms with Gasteiger partial charge in [-0.25, -0.2) is 0 Å². The van der Waals surface area contributed by atoms with E-state index in [0.717, 1.165) is 12.5 Å². The topological polar surface area (TPSA) is 45.0 Å². The van der Waals surface area contributed by atoms with Crippen molar-refractivity contribution in [2.75, 3.05) is 20.3 Å². The van der Waals surface area contributed by atoms with Gasteiger partial charge in [-0.1, -0.05) is 0 Å². The van der Waals surface area contributed by atoms with Gasteiger partial charge in [0.05, 0.1) is 12.7 Å². The molecule has 1 atom stereocenters. The molecule has 2 saturated carbocycles. The fraction of sp³-hybridized carbons (Fsp3) is 0.909. The number of nitriles is 1. The summed E-state index contributed by atoms with van der Waals surface area (Å²) in [5, 5.41) is 12.3. The van der Waals surface area contributed by atoms with Crippen LogP contribution < -0.4 is 5.32 Å². The predicted molar refractivity (Wildman–Crippen MR) is 53.7 cm³/mol. The van der Waals surface area contributed by atoms with Crippen LogP contribution in [0.4, 0.5) is 0 Å². The van der Waals surface area contributed by atoms with E-state index in [-0.39, 0.29) is 0 Å². The van der Waals surface area contributed by atoms with E-state index < -0.39 is 5.54 Å². The molecule has 0 saturated heterocycles. The lowest BCUT2D eigenvalue weighted by molar-refractivity contribution is 0.0768. The summed E-state index contributed by atoms with van der Waals surface area (Å²) < 4.78 is 5.62. The quantitative estimate of drug-likeness (QED) is 0.693. The van der Waals surface area contributed by atoms with E-state index in [1.807, 2.05) is 7.05 Å². The van der Waals surface area contributed by atoms with Gasteiger partial charge in [-0.2, -0.15) is 5.26 Å². The third-order valence-corrected chi connectivity index (χ3v) is 3.30. The molecule has 2 aliphatic carbocycles. The third kappa shape index (κ3) is 2.08. The summed E-state index contributed by atoms with van der Waals surface area (Å²) >= 11 is 0. The highest BCUT2D eigenvalue weighted by molar-refractivity contribution is 5.14. The molecule has 0 radical (unpaired) electrons. The van der Waals surface area contributed by atoms with Crippen LogP contribution >= 0.6 is 0 Å². The number of rotatable bonds is 6. The van der Waals surface area contributed by atoms with Crippen molar-refractivity contribution in [3.8, 4) is 6.07 Å². The van der Waals surface area contributed by atoms with E-state index >= 15 is 0 Å². The molecule has 3 nitrogen and oxygen atoms in total. The first-order chi connectivity index (χ1) is 6.80. The summed E-state index contributed by atoms with van der Waals surface area (Å²) in [6.45, 7) is 1.40. The largest absolute Gasteiger partial charge is 0.378 e. The van der Waals surface area contributed by atoms with Crippen molar-refractivity contribution in [1.82, 2.24) is 5.32 Å². The summed E-state index contributed by atoms with van der Waals surface area (Å²) in [5.41, 5.74) is -0.408. The maximum absolute atomic E-state index is 9.18. The SMILES string of the molecule is CNC(C#N)(COCC1CC1)C1CC1. The van der Waals surface area contributed by atoms with Gasteiger partial charge in [-0.15, -0.1) is 0 Å². The molecule has 0 aliphatic heterocycles. The van der Waals surface area contributed by atoms with Gasteiger partial charge >= 0.3 is 0 Å². The minimum Gasteiger partial charge on any atom is -0.378 e. The molecule has 0 aromatic rings. The van der Waals surface area contributed by atoms with Crippen LogP contribution in [0.3, 0.4) is 0 Å². The average molecular weight is 194 g/mol. The van der Waals surface area contributed by atoms with Gasteiger partial charge in [0.25, 0.3) is 0 Å². The molecule has 3 heteroatoms. The molecular formula is C11H18N2O. The monoisotopic (exact) mass is 194 g/mol. The molecule has 0 bridgehead atoms. The first-order valence-electron chi connectivity index (χ1n) is 5.48. The zero-order valence-electron chi connectivity index (χ0n) is 8.75. The van der Waals surface area contributed by atoms with Crippen molar-refractivity contribution in [2.24, 2.45) is 11.8 Å². The normalized spacial score (nSPS) is 25.4. The summed E-state index contributed by atoms with van der Waals surface area (Å²) in [6.07, 6.45) is 4.95. The van der Waals surface area contributed by atoms with Crippen LogP contribution in [0.5, 0.6) is 0 Å². The second kappa shape index (κ2) is 3.88. The van der Waals surface area contributed by atoms with Crippen LogP contribution in [0, 0.1) is 23.2 Å². The van der Waals surface area contributed by atoms with Crippen LogP contribution in [0.1, 0.15) is 25.7 Å². The Morgan fingerprint density at radius 1 is 1.43 bits per heavy atom. The Morgan fingerprint density at radius 2 is 2.14 bits per heavy atom.